The minimum Gasteiger partial charge on any atom is -0.320 e. The average molecular weight is 297 g/mol. The van der Waals surface area contributed by atoms with Crippen molar-refractivity contribution < 1.29 is 0 Å². The number of hydrogen-bond acceptors (Lipinski definition) is 3. The second-order valence-electron chi connectivity index (χ2n) is 3.97. The highest BCUT2D eigenvalue weighted by molar-refractivity contribution is 7.10. The molecule has 0 saturated carbocycles. The molecule has 2 nitrogen and oxygen atoms in total. The van der Waals surface area contributed by atoms with Gasteiger partial charge in [-0.1, -0.05) is 35.3 Å². The molecule has 0 spiro atoms. The van der Waals surface area contributed by atoms with Crippen molar-refractivity contribution in [2.45, 2.75) is 6.04 Å². The van der Waals surface area contributed by atoms with Gasteiger partial charge in [-0.25, -0.2) is 5.43 Å². The summed E-state index contributed by atoms with van der Waals surface area (Å²) in [5.74, 6) is 0. The van der Waals surface area contributed by atoms with Gasteiger partial charge in [-0.05, 0) is 29.7 Å². The van der Waals surface area contributed by atoms with E-state index in [1.807, 2.05) is 18.2 Å². The number of nitrogens with one attached hydrogen (secondary N) is 2. The van der Waals surface area contributed by atoms with Crippen LogP contribution in [0.3, 0.4) is 0 Å². The molecule has 0 radical (unpaired) electrons. The fourth-order valence-electron chi connectivity index (χ4n) is 1.86. The lowest BCUT2D eigenvalue weighted by Crippen LogP contribution is -2.25. The number of thiophene rings is 1. The molecule has 1 aliphatic heterocycles. The summed E-state index contributed by atoms with van der Waals surface area (Å²) in [7, 11) is 0. The number of hydrazine groups is 1. The van der Waals surface area contributed by atoms with Crippen molar-refractivity contribution in [1.82, 2.24) is 10.9 Å². The van der Waals surface area contributed by atoms with Gasteiger partial charge >= 0.3 is 0 Å². The molecule has 0 saturated heterocycles. The number of halogens is 2. The maximum atomic E-state index is 6.02. The first-order valence-electron chi connectivity index (χ1n) is 5.46. The maximum Gasteiger partial charge on any atom is 0.0806 e. The van der Waals surface area contributed by atoms with E-state index in [0.717, 1.165) is 11.3 Å². The van der Waals surface area contributed by atoms with E-state index in [9.17, 15) is 0 Å². The van der Waals surface area contributed by atoms with Gasteiger partial charge in [-0.2, -0.15) is 0 Å². The van der Waals surface area contributed by atoms with Crippen LogP contribution in [0, 0.1) is 0 Å². The number of rotatable bonds is 2. The van der Waals surface area contributed by atoms with Gasteiger partial charge < -0.3 is 5.43 Å². The molecular weight excluding hydrogens is 287 g/mol. The molecular formula is C13H10Cl2N2S. The molecule has 1 unspecified atom stereocenters. The molecule has 0 amide bonds. The highest BCUT2D eigenvalue weighted by Crippen LogP contribution is 2.30. The van der Waals surface area contributed by atoms with Gasteiger partial charge in [0.05, 0.1) is 21.8 Å². The topological polar surface area (TPSA) is 24.1 Å². The Balaban J connectivity index is 1.89. The molecule has 0 bridgehead atoms. The van der Waals surface area contributed by atoms with Crippen molar-refractivity contribution >= 4 is 40.2 Å². The fraction of sp³-hybridized carbons (Fsp3) is 0.0769. The van der Waals surface area contributed by atoms with Crippen LogP contribution in [0.1, 0.15) is 16.5 Å². The van der Waals surface area contributed by atoms with E-state index in [1.54, 1.807) is 17.4 Å². The summed E-state index contributed by atoms with van der Waals surface area (Å²) in [6, 6.07) is 9.98. The Kier molecular flexibility index (Phi) is 3.31. The Morgan fingerprint density at radius 1 is 1.11 bits per heavy atom. The minimum absolute atomic E-state index is 0.203. The quantitative estimate of drug-likeness (QED) is 0.866. The second-order valence-corrected chi connectivity index (χ2v) is 5.77. The van der Waals surface area contributed by atoms with Gasteiger partial charge in [0.2, 0.25) is 0 Å². The number of hydrogen-bond donors (Lipinski definition) is 2. The van der Waals surface area contributed by atoms with Crippen LogP contribution < -0.4 is 10.9 Å². The minimum atomic E-state index is 0.203. The SMILES string of the molecule is Clc1ccc(C2=CC(c3cccs3)NN2)cc1Cl. The first kappa shape index (κ1) is 12.1. The van der Waals surface area contributed by atoms with E-state index in [4.69, 9.17) is 23.2 Å². The van der Waals surface area contributed by atoms with Gasteiger partial charge in [0.15, 0.2) is 0 Å². The van der Waals surface area contributed by atoms with Crippen molar-refractivity contribution in [2.24, 2.45) is 0 Å². The van der Waals surface area contributed by atoms with E-state index < -0.39 is 0 Å². The average Bonchev–Trinajstić information content (AvgIpc) is 3.01. The lowest BCUT2D eigenvalue weighted by Gasteiger charge is -2.06. The molecule has 1 atom stereocenters. The Morgan fingerprint density at radius 3 is 2.72 bits per heavy atom. The van der Waals surface area contributed by atoms with Gasteiger partial charge in [0, 0.05) is 10.4 Å². The van der Waals surface area contributed by atoms with Gasteiger partial charge in [0.1, 0.15) is 0 Å². The number of benzene rings is 1. The van der Waals surface area contributed by atoms with Crippen LogP contribution in [0.25, 0.3) is 5.70 Å². The van der Waals surface area contributed by atoms with E-state index >= 15 is 0 Å². The summed E-state index contributed by atoms with van der Waals surface area (Å²) >= 11 is 13.7. The van der Waals surface area contributed by atoms with Crippen LogP contribution in [0.4, 0.5) is 0 Å². The maximum absolute atomic E-state index is 6.02. The third-order valence-electron chi connectivity index (χ3n) is 2.78. The largest absolute Gasteiger partial charge is 0.320 e. The van der Waals surface area contributed by atoms with Crippen LogP contribution in [0.15, 0.2) is 41.8 Å². The molecule has 2 aromatic rings. The molecule has 1 aromatic heterocycles. The monoisotopic (exact) mass is 296 g/mol. The summed E-state index contributed by atoms with van der Waals surface area (Å²) in [6.07, 6.45) is 2.14. The van der Waals surface area contributed by atoms with E-state index in [2.05, 4.69) is 28.4 Å². The molecule has 3 rings (SSSR count). The molecule has 1 aromatic carbocycles. The molecule has 92 valence electrons. The van der Waals surface area contributed by atoms with Crippen molar-refractivity contribution in [3.63, 3.8) is 0 Å². The van der Waals surface area contributed by atoms with E-state index in [1.165, 1.54) is 4.88 Å². The Labute approximate surface area is 119 Å². The highest BCUT2D eigenvalue weighted by atomic mass is 35.5. The Bertz CT molecular complexity index is 593. The Morgan fingerprint density at radius 2 is 2.00 bits per heavy atom. The summed E-state index contributed by atoms with van der Waals surface area (Å²) in [5, 5.41) is 3.21. The molecule has 18 heavy (non-hydrogen) atoms. The lowest BCUT2D eigenvalue weighted by atomic mass is 10.1. The first-order chi connectivity index (χ1) is 8.74. The zero-order valence-corrected chi connectivity index (χ0v) is 11.6. The Hall–Kier alpha value is -1.00. The van der Waals surface area contributed by atoms with Gasteiger partial charge in [0.25, 0.3) is 0 Å². The van der Waals surface area contributed by atoms with Crippen molar-refractivity contribution in [3.05, 3.63) is 62.3 Å². The van der Waals surface area contributed by atoms with E-state index in [0.29, 0.717) is 10.0 Å². The molecule has 5 heteroatoms. The molecule has 2 heterocycles. The standard InChI is InChI=1S/C13H10Cl2N2S/c14-9-4-3-8(6-10(9)15)11-7-12(17-16-11)13-2-1-5-18-13/h1-7,12,16-17H. The normalized spacial score (nSPS) is 18.6. The third kappa shape index (κ3) is 2.27. The summed E-state index contributed by atoms with van der Waals surface area (Å²) in [5.41, 5.74) is 8.45. The summed E-state index contributed by atoms with van der Waals surface area (Å²) in [4.78, 5) is 1.28. The zero-order valence-electron chi connectivity index (χ0n) is 9.28. The lowest BCUT2D eigenvalue weighted by molar-refractivity contribution is 0.623. The molecule has 1 aliphatic rings. The van der Waals surface area contributed by atoms with Crippen LogP contribution in [0.5, 0.6) is 0 Å². The first-order valence-corrected chi connectivity index (χ1v) is 7.10. The summed E-state index contributed by atoms with van der Waals surface area (Å²) < 4.78 is 0. The van der Waals surface area contributed by atoms with Crippen LogP contribution >= 0.6 is 34.5 Å². The van der Waals surface area contributed by atoms with Crippen molar-refractivity contribution in [1.29, 1.82) is 0 Å². The predicted octanol–water partition coefficient (Wildman–Crippen LogP) is 4.24. The predicted molar refractivity (Wildman–Crippen MR) is 77.8 cm³/mol. The second kappa shape index (κ2) is 4.94. The smallest absolute Gasteiger partial charge is 0.0806 e. The van der Waals surface area contributed by atoms with Crippen molar-refractivity contribution in [2.75, 3.05) is 0 Å². The third-order valence-corrected chi connectivity index (χ3v) is 4.47. The van der Waals surface area contributed by atoms with Gasteiger partial charge in [-0.3, -0.25) is 0 Å². The van der Waals surface area contributed by atoms with Crippen LogP contribution in [-0.2, 0) is 0 Å². The zero-order chi connectivity index (χ0) is 12.5. The van der Waals surface area contributed by atoms with E-state index in [-0.39, 0.29) is 6.04 Å². The van der Waals surface area contributed by atoms with Gasteiger partial charge in [-0.15, -0.1) is 11.3 Å². The molecule has 2 N–H and O–H groups in total. The summed E-state index contributed by atoms with van der Waals surface area (Å²) in [6.45, 7) is 0. The van der Waals surface area contributed by atoms with Crippen molar-refractivity contribution in [3.8, 4) is 0 Å². The fourth-order valence-corrected chi connectivity index (χ4v) is 2.90. The van der Waals surface area contributed by atoms with Crippen LogP contribution in [0.2, 0.25) is 10.0 Å². The van der Waals surface area contributed by atoms with Crippen LogP contribution in [-0.4, -0.2) is 0 Å². The molecule has 0 aliphatic carbocycles. The highest BCUT2D eigenvalue weighted by Gasteiger charge is 2.18. The molecule has 0 fully saturated rings.